The minimum absolute atomic E-state index is 0.662. The van der Waals surface area contributed by atoms with E-state index in [1.807, 2.05) is 18.2 Å². The summed E-state index contributed by atoms with van der Waals surface area (Å²) in [5.74, 6) is 0. The molecule has 0 spiro atoms. The molecule has 0 atom stereocenters. The Kier molecular flexibility index (Phi) is 3.59. The van der Waals surface area contributed by atoms with Crippen molar-refractivity contribution in [1.29, 1.82) is 5.26 Å². The van der Waals surface area contributed by atoms with Crippen molar-refractivity contribution in [3.63, 3.8) is 0 Å². The summed E-state index contributed by atoms with van der Waals surface area (Å²) >= 11 is 7.68. The van der Waals surface area contributed by atoms with Gasteiger partial charge in [0.1, 0.15) is 0 Å². The van der Waals surface area contributed by atoms with Gasteiger partial charge in [0.25, 0.3) is 0 Å². The zero-order valence-corrected chi connectivity index (χ0v) is 13.4. The number of nitrogens with one attached hydrogen (secondary N) is 1. The Labute approximate surface area is 135 Å². The standard InChI is InChI=1S/C15H10IN3S/c16-12-4-5-14-13(7-12)18-15(20)19(14)9-11-3-1-2-10(6-11)8-17/h1-7H,9H2,(H,18,20). The smallest absolute Gasteiger partial charge is 0.178 e. The predicted molar refractivity (Wildman–Crippen MR) is 90.1 cm³/mol. The number of halogens is 1. The Morgan fingerprint density at radius 1 is 1.25 bits per heavy atom. The Morgan fingerprint density at radius 2 is 2.10 bits per heavy atom. The third kappa shape index (κ3) is 2.49. The van der Waals surface area contributed by atoms with E-state index in [0.29, 0.717) is 16.9 Å². The average Bonchev–Trinajstić information content (AvgIpc) is 2.74. The highest BCUT2D eigenvalue weighted by Crippen LogP contribution is 2.19. The molecule has 98 valence electrons. The lowest BCUT2D eigenvalue weighted by atomic mass is 10.1. The number of H-pyrrole nitrogens is 1. The molecule has 0 saturated carbocycles. The van der Waals surface area contributed by atoms with Crippen LogP contribution in [0.5, 0.6) is 0 Å². The van der Waals surface area contributed by atoms with Gasteiger partial charge in [0, 0.05) is 3.57 Å². The van der Waals surface area contributed by atoms with E-state index < -0.39 is 0 Å². The molecule has 0 fully saturated rings. The summed E-state index contributed by atoms with van der Waals surface area (Å²) in [7, 11) is 0. The number of fused-ring (bicyclic) bond motifs is 1. The van der Waals surface area contributed by atoms with Crippen molar-refractivity contribution in [2.24, 2.45) is 0 Å². The molecule has 3 aromatic rings. The van der Waals surface area contributed by atoms with E-state index in [9.17, 15) is 0 Å². The van der Waals surface area contributed by atoms with Gasteiger partial charge in [-0.15, -0.1) is 0 Å². The maximum atomic E-state index is 8.96. The molecule has 0 radical (unpaired) electrons. The second-order valence-electron chi connectivity index (χ2n) is 4.49. The van der Waals surface area contributed by atoms with E-state index in [1.54, 1.807) is 6.07 Å². The van der Waals surface area contributed by atoms with Gasteiger partial charge in [-0.05, 0) is 70.7 Å². The third-order valence-corrected chi connectivity index (χ3v) is 4.13. The number of benzene rings is 2. The second-order valence-corrected chi connectivity index (χ2v) is 6.12. The molecule has 3 nitrogen and oxygen atoms in total. The SMILES string of the molecule is N#Cc1cccc(Cn2c(=S)[nH]c3cc(I)ccc32)c1. The summed E-state index contributed by atoms with van der Waals surface area (Å²) < 4.78 is 3.92. The molecule has 0 amide bonds. The summed E-state index contributed by atoms with van der Waals surface area (Å²) in [5.41, 5.74) is 3.86. The van der Waals surface area contributed by atoms with Crippen molar-refractivity contribution in [2.75, 3.05) is 0 Å². The number of aromatic amines is 1. The molecule has 0 bridgehead atoms. The van der Waals surface area contributed by atoms with Crippen molar-refractivity contribution in [3.05, 3.63) is 61.9 Å². The molecule has 0 unspecified atom stereocenters. The number of hydrogen-bond acceptors (Lipinski definition) is 2. The first-order chi connectivity index (χ1) is 9.67. The van der Waals surface area contributed by atoms with Crippen LogP contribution in [0.1, 0.15) is 11.1 Å². The third-order valence-electron chi connectivity index (χ3n) is 3.13. The topological polar surface area (TPSA) is 44.5 Å². The van der Waals surface area contributed by atoms with E-state index in [2.05, 4.69) is 56.4 Å². The van der Waals surface area contributed by atoms with Crippen LogP contribution in [0.4, 0.5) is 0 Å². The number of imidazole rings is 1. The van der Waals surface area contributed by atoms with Crippen molar-refractivity contribution in [1.82, 2.24) is 9.55 Å². The monoisotopic (exact) mass is 391 g/mol. The minimum Gasteiger partial charge on any atom is -0.331 e. The highest BCUT2D eigenvalue weighted by atomic mass is 127. The van der Waals surface area contributed by atoms with Crippen LogP contribution < -0.4 is 0 Å². The highest BCUT2D eigenvalue weighted by Gasteiger charge is 2.06. The quantitative estimate of drug-likeness (QED) is 0.525. The van der Waals surface area contributed by atoms with Crippen molar-refractivity contribution in [2.45, 2.75) is 6.54 Å². The fraction of sp³-hybridized carbons (Fsp3) is 0.0667. The number of hydrogen-bond donors (Lipinski definition) is 1. The number of nitriles is 1. The van der Waals surface area contributed by atoms with Gasteiger partial charge in [-0.2, -0.15) is 5.26 Å². The fourth-order valence-corrected chi connectivity index (χ4v) is 2.98. The van der Waals surface area contributed by atoms with Crippen LogP contribution in [0, 0.1) is 19.7 Å². The zero-order valence-electron chi connectivity index (χ0n) is 10.4. The van der Waals surface area contributed by atoms with Crippen molar-refractivity contribution < 1.29 is 0 Å². The largest absolute Gasteiger partial charge is 0.331 e. The van der Waals surface area contributed by atoms with E-state index in [0.717, 1.165) is 16.6 Å². The van der Waals surface area contributed by atoms with Gasteiger partial charge in [-0.3, -0.25) is 0 Å². The van der Waals surface area contributed by atoms with Crippen LogP contribution in [-0.2, 0) is 6.54 Å². The summed E-state index contributed by atoms with van der Waals surface area (Å²) in [6, 6.07) is 16.0. The molecule has 0 aliphatic heterocycles. The predicted octanol–water partition coefficient (Wildman–Crippen LogP) is 4.22. The molecule has 20 heavy (non-hydrogen) atoms. The molecule has 1 aromatic heterocycles. The first kappa shape index (κ1) is 13.3. The van der Waals surface area contributed by atoms with E-state index in [-0.39, 0.29) is 0 Å². The first-order valence-electron chi connectivity index (χ1n) is 6.04. The summed E-state index contributed by atoms with van der Waals surface area (Å²) in [4.78, 5) is 3.22. The second kappa shape index (κ2) is 5.38. The van der Waals surface area contributed by atoms with Crippen molar-refractivity contribution in [3.8, 4) is 6.07 Å². The molecule has 2 aromatic carbocycles. The van der Waals surface area contributed by atoms with E-state index in [1.165, 1.54) is 3.57 Å². The van der Waals surface area contributed by atoms with E-state index >= 15 is 0 Å². The Morgan fingerprint density at radius 3 is 2.90 bits per heavy atom. The first-order valence-corrected chi connectivity index (χ1v) is 7.53. The number of aromatic nitrogens is 2. The van der Waals surface area contributed by atoms with Crippen LogP contribution >= 0.6 is 34.8 Å². The van der Waals surface area contributed by atoms with Crippen LogP contribution in [-0.4, -0.2) is 9.55 Å². The Bertz CT molecular complexity index is 886. The maximum absolute atomic E-state index is 8.96. The maximum Gasteiger partial charge on any atom is 0.178 e. The molecule has 1 heterocycles. The summed E-state index contributed by atoms with van der Waals surface area (Å²) in [6.07, 6.45) is 0. The van der Waals surface area contributed by atoms with Crippen LogP contribution in [0.3, 0.4) is 0 Å². The van der Waals surface area contributed by atoms with Gasteiger partial charge in [0.15, 0.2) is 4.77 Å². The Hall–Kier alpha value is -1.65. The molecule has 1 N–H and O–H groups in total. The lowest BCUT2D eigenvalue weighted by molar-refractivity contribution is 0.810. The van der Waals surface area contributed by atoms with Crippen LogP contribution in [0.15, 0.2) is 42.5 Å². The molecule has 5 heteroatoms. The summed E-state index contributed by atoms with van der Waals surface area (Å²) in [5, 5.41) is 8.96. The molecule has 0 saturated heterocycles. The lowest BCUT2D eigenvalue weighted by Crippen LogP contribution is -1.99. The molecule has 0 aliphatic carbocycles. The Balaban J connectivity index is 2.09. The number of nitrogens with zero attached hydrogens (tertiary/aromatic N) is 2. The van der Waals surface area contributed by atoms with Gasteiger partial charge in [-0.1, -0.05) is 12.1 Å². The molecular formula is C15H10IN3S. The van der Waals surface area contributed by atoms with Gasteiger partial charge in [0.05, 0.1) is 29.2 Å². The average molecular weight is 391 g/mol. The van der Waals surface area contributed by atoms with Crippen LogP contribution in [0.2, 0.25) is 0 Å². The van der Waals surface area contributed by atoms with Crippen molar-refractivity contribution >= 4 is 45.8 Å². The zero-order chi connectivity index (χ0) is 14.1. The molecule has 3 rings (SSSR count). The van der Waals surface area contributed by atoms with Gasteiger partial charge in [-0.25, -0.2) is 0 Å². The van der Waals surface area contributed by atoms with Crippen LogP contribution in [0.25, 0.3) is 11.0 Å². The normalized spacial score (nSPS) is 10.6. The minimum atomic E-state index is 0.662. The van der Waals surface area contributed by atoms with Gasteiger partial charge >= 0.3 is 0 Å². The molecular weight excluding hydrogens is 381 g/mol. The number of rotatable bonds is 2. The fourth-order valence-electron chi connectivity index (χ4n) is 2.21. The van der Waals surface area contributed by atoms with Gasteiger partial charge < -0.3 is 9.55 Å². The van der Waals surface area contributed by atoms with E-state index in [4.69, 9.17) is 17.5 Å². The highest BCUT2D eigenvalue weighted by molar-refractivity contribution is 14.1. The van der Waals surface area contributed by atoms with Gasteiger partial charge in [0.2, 0.25) is 0 Å². The summed E-state index contributed by atoms with van der Waals surface area (Å²) in [6.45, 7) is 0.662. The lowest BCUT2D eigenvalue weighted by Gasteiger charge is -2.05. The molecule has 0 aliphatic rings.